The van der Waals surface area contributed by atoms with Crippen molar-refractivity contribution in [2.45, 2.75) is 64.4 Å². The summed E-state index contributed by atoms with van der Waals surface area (Å²) in [5, 5.41) is 12.6. The minimum Gasteiger partial charge on any atom is -0.393 e. The van der Waals surface area contributed by atoms with Gasteiger partial charge in [0.1, 0.15) is 0 Å². The molecule has 0 radical (unpaired) electrons. The van der Waals surface area contributed by atoms with Crippen LogP contribution < -0.4 is 5.32 Å². The highest BCUT2D eigenvalue weighted by molar-refractivity contribution is 5.94. The molecule has 0 saturated heterocycles. The van der Waals surface area contributed by atoms with Crippen LogP contribution in [-0.4, -0.2) is 23.7 Å². The first-order chi connectivity index (χ1) is 10.6. The Bertz CT molecular complexity index is 461. The zero-order valence-corrected chi connectivity index (χ0v) is 13.8. The molecule has 3 heteroatoms. The Morgan fingerprint density at radius 3 is 2.41 bits per heavy atom. The third-order valence-electron chi connectivity index (χ3n) is 4.74. The molecular formula is C19H29NO2. The summed E-state index contributed by atoms with van der Waals surface area (Å²) in [6, 6.07) is 8.07. The monoisotopic (exact) mass is 303 g/mol. The molecule has 1 atom stereocenters. The van der Waals surface area contributed by atoms with Crippen molar-refractivity contribution in [3.8, 4) is 0 Å². The van der Waals surface area contributed by atoms with E-state index in [1.165, 1.54) is 37.7 Å². The van der Waals surface area contributed by atoms with Gasteiger partial charge in [-0.05, 0) is 48.8 Å². The summed E-state index contributed by atoms with van der Waals surface area (Å²) in [7, 11) is 0. The minimum atomic E-state index is -0.353. The Morgan fingerprint density at radius 2 is 1.82 bits per heavy atom. The quantitative estimate of drug-likeness (QED) is 0.838. The molecule has 1 aliphatic rings. The second kappa shape index (κ2) is 8.33. The van der Waals surface area contributed by atoms with E-state index in [1.54, 1.807) is 0 Å². The lowest BCUT2D eigenvalue weighted by molar-refractivity contribution is 0.0920. The van der Waals surface area contributed by atoms with Gasteiger partial charge >= 0.3 is 0 Å². The van der Waals surface area contributed by atoms with Gasteiger partial charge < -0.3 is 10.4 Å². The standard InChI is InChI=1S/C19H29NO2/c1-14(2)18(21)12-13-20-19(22)17-10-8-16(9-11-17)15-6-4-3-5-7-15/h8-11,14-15,18,21H,3-7,12-13H2,1-2H3,(H,20,22)/t18-/m1/s1. The van der Waals surface area contributed by atoms with Gasteiger partial charge in [-0.2, -0.15) is 0 Å². The Labute approximate surface area is 134 Å². The number of benzene rings is 1. The van der Waals surface area contributed by atoms with Gasteiger partial charge in [-0.1, -0.05) is 45.2 Å². The maximum atomic E-state index is 12.1. The molecule has 0 unspecified atom stereocenters. The minimum absolute atomic E-state index is 0.0499. The molecule has 1 amide bonds. The van der Waals surface area contributed by atoms with Gasteiger partial charge in [-0.15, -0.1) is 0 Å². The van der Waals surface area contributed by atoms with E-state index in [2.05, 4.69) is 17.4 Å². The smallest absolute Gasteiger partial charge is 0.251 e. The van der Waals surface area contributed by atoms with Crippen LogP contribution >= 0.6 is 0 Å². The average Bonchev–Trinajstić information content (AvgIpc) is 2.55. The number of aliphatic hydroxyl groups is 1. The molecule has 1 aromatic rings. The molecule has 22 heavy (non-hydrogen) atoms. The molecule has 0 spiro atoms. The highest BCUT2D eigenvalue weighted by atomic mass is 16.3. The van der Waals surface area contributed by atoms with Crippen LogP contribution in [-0.2, 0) is 0 Å². The highest BCUT2D eigenvalue weighted by Gasteiger charge is 2.16. The van der Waals surface area contributed by atoms with Crippen molar-refractivity contribution in [2.24, 2.45) is 5.92 Å². The van der Waals surface area contributed by atoms with Crippen LogP contribution in [0, 0.1) is 5.92 Å². The lowest BCUT2D eigenvalue weighted by Crippen LogP contribution is -2.28. The molecular weight excluding hydrogens is 274 g/mol. The molecule has 0 aromatic heterocycles. The number of carbonyl (C=O) groups excluding carboxylic acids is 1. The Balaban J connectivity index is 1.83. The topological polar surface area (TPSA) is 49.3 Å². The summed E-state index contributed by atoms with van der Waals surface area (Å²) in [6.07, 6.45) is 6.81. The summed E-state index contributed by atoms with van der Waals surface area (Å²) in [5.41, 5.74) is 2.07. The maximum Gasteiger partial charge on any atom is 0.251 e. The number of hydrogen-bond donors (Lipinski definition) is 2. The summed E-state index contributed by atoms with van der Waals surface area (Å²) in [6.45, 7) is 4.48. The number of amides is 1. The summed E-state index contributed by atoms with van der Waals surface area (Å²) in [5.74, 6) is 0.852. The zero-order chi connectivity index (χ0) is 15.9. The van der Waals surface area contributed by atoms with Gasteiger partial charge in [0, 0.05) is 12.1 Å². The summed E-state index contributed by atoms with van der Waals surface area (Å²) < 4.78 is 0. The fourth-order valence-electron chi connectivity index (χ4n) is 3.11. The molecule has 0 aliphatic heterocycles. The van der Waals surface area contributed by atoms with E-state index in [-0.39, 0.29) is 17.9 Å². The van der Waals surface area contributed by atoms with Crippen LogP contribution in [0.15, 0.2) is 24.3 Å². The fraction of sp³-hybridized carbons (Fsp3) is 0.632. The largest absolute Gasteiger partial charge is 0.393 e. The number of rotatable bonds is 6. The maximum absolute atomic E-state index is 12.1. The molecule has 1 aromatic carbocycles. The van der Waals surface area contributed by atoms with Crippen LogP contribution in [0.1, 0.15) is 74.2 Å². The van der Waals surface area contributed by atoms with Gasteiger partial charge in [-0.25, -0.2) is 0 Å². The second-order valence-corrected chi connectivity index (χ2v) is 6.81. The van der Waals surface area contributed by atoms with E-state index in [1.807, 2.05) is 26.0 Å². The number of carbonyl (C=O) groups is 1. The molecule has 3 nitrogen and oxygen atoms in total. The fourth-order valence-corrected chi connectivity index (χ4v) is 3.11. The first-order valence-corrected chi connectivity index (χ1v) is 8.64. The molecule has 1 saturated carbocycles. The molecule has 1 fully saturated rings. The number of nitrogens with one attached hydrogen (secondary N) is 1. The predicted octanol–water partition coefficient (Wildman–Crippen LogP) is 3.87. The van der Waals surface area contributed by atoms with Crippen molar-refractivity contribution in [1.82, 2.24) is 5.32 Å². The molecule has 0 heterocycles. The van der Waals surface area contributed by atoms with Gasteiger partial charge in [0.05, 0.1) is 6.10 Å². The Hall–Kier alpha value is -1.35. The van der Waals surface area contributed by atoms with Crippen molar-refractivity contribution in [2.75, 3.05) is 6.54 Å². The molecule has 0 bridgehead atoms. The SMILES string of the molecule is CC(C)[C@H](O)CCNC(=O)c1ccc(C2CCCCC2)cc1. The molecule has 2 N–H and O–H groups in total. The van der Waals surface area contributed by atoms with E-state index in [9.17, 15) is 9.90 Å². The lowest BCUT2D eigenvalue weighted by atomic mass is 9.84. The van der Waals surface area contributed by atoms with Crippen molar-refractivity contribution in [3.63, 3.8) is 0 Å². The molecule has 2 rings (SSSR count). The first kappa shape index (κ1) is 17.0. The van der Waals surface area contributed by atoms with E-state index in [0.717, 1.165) is 0 Å². The van der Waals surface area contributed by atoms with Crippen LogP contribution in [0.5, 0.6) is 0 Å². The van der Waals surface area contributed by atoms with Gasteiger partial charge in [0.2, 0.25) is 0 Å². The third-order valence-corrected chi connectivity index (χ3v) is 4.74. The van der Waals surface area contributed by atoms with Crippen LogP contribution in [0.2, 0.25) is 0 Å². The van der Waals surface area contributed by atoms with E-state index in [0.29, 0.717) is 24.4 Å². The van der Waals surface area contributed by atoms with Crippen molar-refractivity contribution < 1.29 is 9.90 Å². The van der Waals surface area contributed by atoms with Gasteiger partial charge in [0.25, 0.3) is 5.91 Å². The molecule has 122 valence electrons. The average molecular weight is 303 g/mol. The predicted molar refractivity (Wildman–Crippen MR) is 90.1 cm³/mol. The van der Waals surface area contributed by atoms with Crippen LogP contribution in [0.4, 0.5) is 0 Å². The number of aliphatic hydroxyl groups excluding tert-OH is 1. The third kappa shape index (κ3) is 4.84. The van der Waals surface area contributed by atoms with Crippen molar-refractivity contribution in [3.05, 3.63) is 35.4 Å². The molecule has 1 aliphatic carbocycles. The highest BCUT2D eigenvalue weighted by Crippen LogP contribution is 2.32. The van der Waals surface area contributed by atoms with Crippen LogP contribution in [0.3, 0.4) is 0 Å². The summed E-state index contributed by atoms with van der Waals surface area (Å²) in [4.78, 5) is 12.1. The zero-order valence-electron chi connectivity index (χ0n) is 13.8. The second-order valence-electron chi connectivity index (χ2n) is 6.81. The Morgan fingerprint density at radius 1 is 1.18 bits per heavy atom. The number of hydrogen-bond acceptors (Lipinski definition) is 2. The Kier molecular flexibility index (Phi) is 6.44. The summed E-state index contributed by atoms with van der Waals surface area (Å²) >= 11 is 0. The normalized spacial score (nSPS) is 17.5. The first-order valence-electron chi connectivity index (χ1n) is 8.64. The van der Waals surface area contributed by atoms with E-state index in [4.69, 9.17) is 0 Å². The van der Waals surface area contributed by atoms with Crippen LogP contribution in [0.25, 0.3) is 0 Å². The van der Waals surface area contributed by atoms with Gasteiger partial charge in [0.15, 0.2) is 0 Å². The van der Waals surface area contributed by atoms with E-state index < -0.39 is 0 Å². The van der Waals surface area contributed by atoms with Crippen molar-refractivity contribution >= 4 is 5.91 Å². The lowest BCUT2D eigenvalue weighted by Gasteiger charge is -2.22. The van der Waals surface area contributed by atoms with E-state index >= 15 is 0 Å². The van der Waals surface area contributed by atoms with Crippen molar-refractivity contribution in [1.29, 1.82) is 0 Å². The van der Waals surface area contributed by atoms with Gasteiger partial charge in [-0.3, -0.25) is 4.79 Å².